The van der Waals surface area contributed by atoms with Gasteiger partial charge in [-0.2, -0.15) is 0 Å². The minimum Gasteiger partial charge on any atom is -0.481 e. The fourth-order valence-electron chi connectivity index (χ4n) is 4.57. The molecule has 154 valence electrons. The Labute approximate surface area is 176 Å². The summed E-state index contributed by atoms with van der Waals surface area (Å²) in [5.41, 5.74) is 10.1. The van der Waals surface area contributed by atoms with Gasteiger partial charge in [0.05, 0.1) is 6.42 Å². The number of carboxylic acid groups (broad SMARTS) is 1. The fourth-order valence-corrected chi connectivity index (χ4v) is 4.57. The summed E-state index contributed by atoms with van der Waals surface area (Å²) in [6, 6.07) is 15.0. The molecule has 0 fully saturated rings. The molecule has 0 saturated heterocycles. The molecule has 1 heterocycles. The van der Waals surface area contributed by atoms with Crippen LogP contribution in [0.15, 0.2) is 48.5 Å². The van der Waals surface area contributed by atoms with Crippen LogP contribution >= 0.6 is 0 Å². The summed E-state index contributed by atoms with van der Waals surface area (Å²) in [5, 5.41) is 9.57. The van der Waals surface area contributed by atoms with Crippen molar-refractivity contribution in [2.75, 3.05) is 0 Å². The Kier molecular flexibility index (Phi) is 5.44. The molecule has 3 nitrogen and oxygen atoms in total. The van der Waals surface area contributed by atoms with Crippen molar-refractivity contribution < 1.29 is 14.3 Å². The van der Waals surface area contributed by atoms with Crippen molar-refractivity contribution in [2.45, 2.75) is 46.8 Å². The van der Waals surface area contributed by atoms with Gasteiger partial charge in [0, 0.05) is 19.6 Å². The Bertz CT molecular complexity index is 1100. The van der Waals surface area contributed by atoms with Gasteiger partial charge < -0.3 is 5.11 Å². The predicted octanol–water partition coefficient (Wildman–Crippen LogP) is 5.56. The summed E-state index contributed by atoms with van der Waals surface area (Å²) < 4.78 is 13.2. The molecule has 4 heteroatoms. The van der Waals surface area contributed by atoms with E-state index < -0.39 is 5.97 Å². The van der Waals surface area contributed by atoms with Crippen LogP contribution in [0, 0.1) is 26.6 Å². The predicted molar refractivity (Wildman–Crippen MR) is 117 cm³/mol. The number of carboxylic acids is 1. The molecule has 0 saturated carbocycles. The second kappa shape index (κ2) is 8.04. The molecular weight excluding hydrogens is 377 g/mol. The van der Waals surface area contributed by atoms with E-state index in [1.807, 2.05) is 12.1 Å². The number of hydrogen-bond donors (Lipinski definition) is 1. The standard InChI is InChI=1S/C26H26FNO2/c1-16-4-8-20(9-5-16)26-18(3)24-15-28(13-19-6-10-21(27)11-7-19)14-23(24)17(2)22(26)12-25(29)30/h4-11H,12-15H2,1-3H3,(H,29,30). The van der Waals surface area contributed by atoms with Crippen molar-refractivity contribution in [1.82, 2.24) is 4.90 Å². The highest BCUT2D eigenvalue weighted by atomic mass is 19.1. The van der Waals surface area contributed by atoms with E-state index in [0.717, 1.165) is 53.0 Å². The van der Waals surface area contributed by atoms with Crippen LogP contribution < -0.4 is 0 Å². The number of carbonyl (C=O) groups is 1. The van der Waals surface area contributed by atoms with Crippen LogP contribution in [-0.4, -0.2) is 16.0 Å². The Morgan fingerprint density at radius 3 is 2.13 bits per heavy atom. The normalized spacial score (nSPS) is 13.5. The van der Waals surface area contributed by atoms with Gasteiger partial charge in [-0.15, -0.1) is 0 Å². The first kappa shape index (κ1) is 20.3. The Hall–Kier alpha value is -2.98. The number of aliphatic carboxylic acids is 1. The van der Waals surface area contributed by atoms with Crippen LogP contribution in [0.25, 0.3) is 11.1 Å². The Balaban J connectivity index is 1.76. The first-order valence-corrected chi connectivity index (χ1v) is 10.2. The highest BCUT2D eigenvalue weighted by Crippen LogP contribution is 2.39. The largest absolute Gasteiger partial charge is 0.481 e. The average Bonchev–Trinajstić information content (AvgIpc) is 3.13. The number of benzene rings is 3. The smallest absolute Gasteiger partial charge is 0.307 e. The maximum Gasteiger partial charge on any atom is 0.307 e. The van der Waals surface area contributed by atoms with Crippen LogP contribution in [0.5, 0.6) is 0 Å². The summed E-state index contributed by atoms with van der Waals surface area (Å²) in [6.07, 6.45) is 0.0150. The second-order valence-corrected chi connectivity index (χ2v) is 8.27. The summed E-state index contributed by atoms with van der Waals surface area (Å²) in [7, 11) is 0. The zero-order valence-electron chi connectivity index (χ0n) is 17.6. The second-order valence-electron chi connectivity index (χ2n) is 8.27. The molecule has 0 aromatic heterocycles. The van der Waals surface area contributed by atoms with E-state index in [9.17, 15) is 14.3 Å². The van der Waals surface area contributed by atoms with Gasteiger partial charge in [-0.3, -0.25) is 9.69 Å². The molecule has 1 aliphatic rings. The van der Waals surface area contributed by atoms with Gasteiger partial charge in [-0.05, 0) is 77.4 Å². The minimum atomic E-state index is -0.813. The third kappa shape index (κ3) is 3.88. The van der Waals surface area contributed by atoms with E-state index in [4.69, 9.17) is 0 Å². The first-order chi connectivity index (χ1) is 14.3. The van der Waals surface area contributed by atoms with Gasteiger partial charge in [0.15, 0.2) is 0 Å². The Morgan fingerprint density at radius 1 is 0.933 bits per heavy atom. The lowest BCUT2D eigenvalue weighted by molar-refractivity contribution is -0.136. The van der Waals surface area contributed by atoms with Crippen molar-refractivity contribution in [3.63, 3.8) is 0 Å². The van der Waals surface area contributed by atoms with Crippen LogP contribution in [0.1, 0.15) is 38.9 Å². The van der Waals surface area contributed by atoms with Crippen molar-refractivity contribution in [2.24, 2.45) is 0 Å². The summed E-state index contributed by atoms with van der Waals surface area (Å²) in [4.78, 5) is 14.0. The zero-order valence-corrected chi connectivity index (χ0v) is 17.6. The quantitative estimate of drug-likeness (QED) is 0.606. The summed E-state index contributed by atoms with van der Waals surface area (Å²) in [6.45, 7) is 8.54. The van der Waals surface area contributed by atoms with Crippen LogP contribution in [0.4, 0.5) is 4.39 Å². The lowest BCUT2D eigenvalue weighted by Gasteiger charge is -2.20. The van der Waals surface area contributed by atoms with Gasteiger partial charge in [-0.1, -0.05) is 42.0 Å². The number of nitrogens with zero attached hydrogens (tertiary/aromatic N) is 1. The van der Waals surface area contributed by atoms with Gasteiger partial charge in [0.25, 0.3) is 0 Å². The molecule has 4 rings (SSSR count). The molecule has 3 aromatic carbocycles. The van der Waals surface area contributed by atoms with Crippen molar-refractivity contribution >= 4 is 5.97 Å². The number of hydrogen-bond acceptors (Lipinski definition) is 2. The summed E-state index contributed by atoms with van der Waals surface area (Å²) in [5.74, 6) is -1.04. The van der Waals surface area contributed by atoms with E-state index in [-0.39, 0.29) is 12.2 Å². The Morgan fingerprint density at radius 2 is 1.53 bits per heavy atom. The molecule has 3 aromatic rings. The van der Waals surface area contributed by atoms with E-state index in [1.54, 1.807) is 0 Å². The van der Waals surface area contributed by atoms with Crippen molar-refractivity contribution in [3.05, 3.63) is 93.3 Å². The lowest BCUT2D eigenvalue weighted by atomic mass is 9.84. The molecule has 1 N–H and O–H groups in total. The van der Waals surface area contributed by atoms with Crippen LogP contribution in [0.3, 0.4) is 0 Å². The third-order valence-electron chi connectivity index (χ3n) is 6.15. The number of fused-ring (bicyclic) bond motifs is 1. The third-order valence-corrected chi connectivity index (χ3v) is 6.15. The molecule has 1 aliphatic heterocycles. The first-order valence-electron chi connectivity index (χ1n) is 10.2. The SMILES string of the molecule is Cc1ccc(-c2c(C)c3c(c(C)c2CC(=O)O)CN(Cc2ccc(F)cc2)C3)cc1. The van der Waals surface area contributed by atoms with Crippen LogP contribution in [0.2, 0.25) is 0 Å². The minimum absolute atomic E-state index is 0.0150. The molecule has 0 amide bonds. The molecule has 0 aliphatic carbocycles. The highest BCUT2D eigenvalue weighted by Gasteiger charge is 2.28. The topological polar surface area (TPSA) is 40.5 Å². The maximum atomic E-state index is 13.2. The van der Waals surface area contributed by atoms with Gasteiger partial charge >= 0.3 is 5.97 Å². The zero-order chi connectivity index (χ0) is 21.4. The number of rotatable bonds is 5. The van der Waals surface area contributed by atoms with E-state index in [1.165, 1.54) is 28.8 Å². The van der Waals surface area contributed by atoms with Crippen LogP contribution in [-0.2, 0) is 30.8 Å². The van der Waals surface area contributed by atoms with Gasteiger partial charge in [-0.25, -0.2) is 4.39 Å². The number of aryl methyl sites for hydroxylation is 1. The molecule has 0 spiro atoms. The summed E-state index contributed by atoms with van der Waals surface area (Å²) >= 11 is 0. The monoisotopic (exact) mass is 403 g/mol. The fraction of sp³-hybridized carbons (Fsp3) is 0.269. The van der Waals surface area contributed by atoms with Gasteiger partial charge in [0.1, 0.15) is 5.82 Å². The average molecular weight is 403 g/mol. The number of halogens is 1. The van der Waals surface area contributed by atoms with Crippen molar-refractivity contribution in [1.29, 1.82) is 0 Å². The van der Waals surface area contributed by atoms with Crippen molar-refractivity contribution in [3.8, 4) is 11.1 Å². The maximum absolute atomic E-state index is 13.2. The van der Waals surface area contributed by atoms with E-state index >= 15 is 0 Å². The molecule has 0 bridgehead atoms. The van der Waals surface area contributed by atoms with E-state index in [2.05, 4.69) is 49.9 Å². The molecule has 30 heavy (non-hydrogen) atoms. The molecular formula is C26H26FNO2. The highest BCUT2D eigenvalue weighted by molar-refractivity contribution is 5.81. The van der Waals surface area contributed by atoms with Gasteiger partial charge in [0.2, 0.25) is 0 Å². The molecule has 0 radical (unpaired) electrons. The lowest BCUT2D eigenvalue weighted by Crippen LogP contribution is -2.15. The van der Waals surface area contributed by atoms with E-state index in [0.29, 0.717) is 0 Å². The molecule has 0 unspecified atom stereocenters. The molecule has 0 atom stereocenters.